The molecule has 1 aliphatic carbocycles. The van der Waals surface area contributed by atoms with Gasteiger partial charge in [0.05, 0.1) is 0 Å². The molecule has 1 aromatic carbocycles. The van der Waals surface area contributed by atoms with Crippen molar-refractivity contribution in [3.8, 4) is 0 Å². The number of nitrogens with one attached hydrogen (secondary N) is 1. The molecule has 1 atom stereocenters. The number of piperidine rings is 1. The van der Waals surface area contributed by atoms with E-state index in [9.17, 15) is 9.59 Å². The first-order valence-corrected chi connectivity index (χ1v) is 9.05. The van der Waals surface area contributed by atoms with Crippen LogP contribution in [0.3, 0.4) is 0 Å². The van der Waals surface area contributed by atoms with Crippen LogP contribution in [-0.2, 0) is 15.0 Å². The van der Waals surface area contributed by atoms with E-state index >= 15 is 0 Å². The van der Waals surface area contributed by atoms with E-state index < -0.39 is 0 Å². The van der Waals surface area contributed by atoms with Crippen molar-refractivity contribution in [2.24, 2.45) is 0 Å². The zero-order chi connectivity index (χ0) is 17.3. The van der Waals surface area contributed by atoms with Crippen molar-refractivity contribution in [1.29, 1.82) is 0 Å². The quantitative estimate of drug-likeness (QED) is 0.927. The SMILES string of the molecule is CC(=O)N1CCC2(CC1)C[C@H](CC(=O)NC(C)C)c1ccccc12. The molecule has 130 valence electrons. The van der Waals surface area contributed by atoms with E-state index in [-0.39, 0.29) is 23.3 Å². The predicted molar refractivity (Wildman–Crippen MR) is 94.9 cm³/mol. The average Bonchev–Trinajstić information content (AvgIpc) is 2.81. The van der Waals surface area contributed by atoms with Gasteiger partial charge in [0.15, 0.2) is 0 Å². The van der Waals surface area contributed by atoms with E-state index in [0.717, 1.165) is 32.4 Å². The Kier molecular flexibility index (Phi) is 4.66. The Bertz CT molecular complexity index is 630. The van der Waals surface area contributed by atoms with E-state index in [1.54, 1.807) is 6.92 Å². The molecule has 1 aliphatic heterocycles. The Hall–Kier alpha value is -1.84. The highest BCUT2D eigenvalue weighted by Gasteiger charge is 2.45. The molecular weight excluding hydrogens is 300 g/mol. The largest absolute Gasteiger partial charge is 0.354 e. The van der Waals surface area contributed by atoms with Gasteiger partial charge in [-0.05, 0) is 55.6 Å². The maximum atomic E-state index is 12.3. The maximum absolute atomic E-state index is 12.3. The van der Waals surface area contributed by atoms with Crippen molar-refractivity contribution in [1.82, 2.24) is 10.2 Å². The molecule has 1 fully saturated rings. The van der Waals surface area contributed by atoms with E-state index in [0.29, 0.717) is 12.3 Å². The molecule has 0 saturated carbocycles. The minimum absolute atomic E-state index is 0.142. The second-order valence-corrected chi connectivity index (χ2v) is 7.70. The molecule has 4 heteroatoms. The van der Waals surface area contributed by atoms with Crippen LogP contribution in [-0.4, -0.2) is 35.8 Å². The highest BCUT2D eigenvalue weighted by Crippen LogP contribution is 2.52. The Morgan fingerprint density at radius 2 is 1.92 bits per heavy atom. The lowest BCUT2D eigenvalue weighted by atomic mass is 9.73. The lowest BCUT2D eigenvalue weighted by Crippen LogP contribution is -2.43. The molecule has 0 radical (unpaired) electrons. The predicted octanol–water partition coefficient (Wildman–Crippen LogP) is 2.97. The summed E-state index contributed by atoms with van der Waals surface area (Å²) in [5.74, 6) is 0.607. The van der Waals surface area contributed by atoms with Crippen LogP contribution < -0.4 is 5.32 Å². The molecule has 2 amide bonds. The molecule has 1 saturated heterocycles. The number of rotatable bonds is 3. The molecule has 0 bridgehead atoms. The van der Waals surface area contributed by atoms with Crippen molar-refractivity contribution >= 4 is 11.8 Å². The smallest absolute Gasteiger partial charge is 0.220 e. The summed E-state index contributed by atoms with van der Waals surface area (Å²) in [6, 6.07) is 8.79. The Labute approximate surface area is 144 Å². The number of carbonyl (C=O) groups excluding carboxylic acids is 2. The normalized spacial score (nSPS) is 21.8. The minimum atomic E-state index is 0.142. The highest BCUT2D eigenvalue weighted by atomic mass is 16.2. The van der Waals surface area contributed by atoms with Gasteiger partial charge < -0.3 is 10.2 Å². The summed E-state index contributed by atoms with van der Waals surface area (Å²) in [7, 11) is 0. The lowest BCUT2D eigenvalue weighted by Gasteiger charge is -2.40. The van der Waals surface area contributed by atoms with E-state index in [4.69, 9.17) is 0 Å². The third-order valence-electron chi connectivity index (χ3n) is 5.66. The van der Waals surface area contributed by atoms with E-state index in [1.807, 2.05) is 18.7 Å². The topological polar surface area (TPSA) is 49.4 Å². The van der Waals surface area contributed by atoms with Crippen LogP contribution in [0.2, 0.25) is 0 Å². The average molecular weight is 328 g/mol. The van der Waals surface area contributed by atoms with Gasteiger partial charge in [0, 0.05) is 32.5 Å². The Balaban J connectivity index is 1.79. The van der Waals surface area contributed by atoms with Crippen molar-refractivity contribution in [2.75, 3.05) is 13.1 Å². The first-order valence-electron chi connectivity index (χ1n) is 9.05. The molecule has 1 spiro atoms. The third kappa shape index (κ3) is 3.19. The minimum Gasteiger partial charge on any atom is -0.354 e. The van der Waals surface area contributed by atoms with Gasteiger partial charge in [0.1, 0.15) is 0 Å². The van der Waals surface area contributed by atoms with Crippen LogP contribution in [0.4, 0.5) is 0 Å². The molecular formula is C20H28N2O2. The van der Waals surface area contributed by atoms with Crippen LogP contribution in [0, 0.1) is 0 Å². The maximum Gasteiger partial charge on any atom is 0.220 e. The molecule has 0 unspecified atom stereocenters. The second kappa shape index (κ2) is 6.58. The molecule has 0 aromatic heterocycles. The highest BCUT2D eigenvalue weighted by molar-refractivity contribution is 5.77. The number of hydrogen-bond donors (Lipinski definition) is 1. The van der Waals surface area contributed by atoms with Crippen molar-refractivity contribution < 1.29 is 9.59 Å². The second-order valence-electron chi connectivity index (χ2n) is 7.70. The molecule has 4 nitrogen and oxygen atoms in total. The summed E-state index contributed by atoms with van der Waals surface area (Å²) >= 11 is 0. The molecule has 3 rings (SSSR count). The zero-order valence-electron chi connectivity index (χ0n) is 15.0. The summed E-state index contributed by atoms with van der Waals surface area (Å²) in [5.41, 5.74) is 2.90. The zero-order valence-corrected chi connectivity index (χ0v) is 15.0. The van der Waals surface area contributed by atoms with Crippen LogP contribution in [0.5, 0.6) is 0 Å². The van der Waals surface area contributed by atoms with E-state index in [2.05, 4.69) is 29.6 Å². The van der Waals surface area contributed by atoms with Crippen molar-refractivity contribution in [3.63, 3.8) is 0 Å². The van der Waals surface area contributed by atoms with Gasteiger partial charge in [-0.15, -0.1) is 0 Å². The van der Waals surface area contributed by atoms with Gasteiger partial charge in [-0.3, -0.25) is 9.59 Å². The summed E-state index contributed by atoms with van der Waals surface area (Å²) in [6.45, 7) is 7.31. The number of fused-ring (bicyclic) bond motifs is 2. The summed E-state index contributed by atoms with van der Waals surface area (Å²) < 4.78 is 0. The molecule has 24 heavy (non-hydrogen) atoms. The lowest BCUT2D eigenvalue weighted by molar-refractivity contribution is -0.130. The fourth-order valence-electron chi connectivity index (χ4n) is 4.54. The van der Waals surface area contributed by atoms with Gasteiger partial charge in [-0.25, -0.2) is 0 Å². The first kappa shape index (κ1) is 17.0. The van der Waals surface area contributed by atoms with Crippen molar-refractivity contribution in [3.05, 3.63) is 35.4 Å². The fraction of sp³-hybridized carbons (Fsp3) is 0.600. The standard InChI is InChI=1S/C20H28N2O2/c1-14(2)21-19(24)12-16-13-20(18-7-5-4-6-17(16)18)8-10-22(11-9-20)15(3)23/h4-7,14,16H,8-13H2,1-3H3,(H,21,24)/t16-/m0/s1. The number of amides is 2. The molecule has 1 N–H and O–H groups in total. The van der Waals surface area contributed by atoms with Gasteiger partial charge in [0.2, 0.25) is 11.8 Å². The van der Waals surface area contributed by atoms with Crippen LogP contribution in [0.1, 0.15) is 63.5 Å². The number of nitrogens with zero attached hydrogens (tertiary/aromatic N) is 1. The Morgan fingerprint density at radius 1 is 1.25 bits per heavy atom. The Morgan fingerprint density at radius 3 is 2.54 bits per heavy atom. The summed E-state index contributed by atoms with van der Waals surface area (Å²) in [6.07, 6.45) is 3.61. The summed E-state index contributed by atoms with van der Waals surface area (Å²) in [5, 5.41) is 3.02. The van der Waals surface area contributed by atoms with Gasteiger partial charge in [0.25, 0.3) is 0 Å². The van der Waals surface area contributed by atoms with Gasteiger partial charge >= 0.3 is 0 Å². The number of likely N-dealkylation sites (tertiary alicyclic amines) is 1. The van der Waals surface area contributed by atoms with Crippen molar-refractivity contribution in [2.45, 2.75) is 63.8 Å². The van der Waals surface area contributed by atoms with E-state index in [1.165, 1.54) is 11.1 Å². The summed E-state index contributed by atoms with van der Waals surface area (Å²) in [4.78, 5) is 25.9. The third-order valence-corrected chi connectivity index (χ3v) is 5.66. The van der Waals surface area contributed by atoms with Gasteiger partial charge in [-0.2, -0.15) is 0 Å². The number of hydrogen-bond acceptors (Lipinski definition) is 2. The first-order chi connectivity index (χ1) is 11.4. The van der Waals surface area contributed by atoms with Crippen LogP contribution in [0.25, 0.3) is 0 Å². The van der Waals surface area contributed by atoms with Crippen LogP contribution in [0.15, 0.2) is 24.3 Å². The fourth-order valence-corrected chi connectivity index (χ4v) is 4.54. The monoisotopic (exact) mass is 328 g/mol. The van der Waals surface area contributed by atoms with Crippen LogP contribution >= 0.6 is 0 Å². The molecule has 1 aromatic rings. The number of benzene rings is 1. The molecule has 1 heterocycles. The van der Waals surface area contributed by atoms with Gasteiger partial charge in [-0.1, -0.05) is 24.3 Å². The number of carbonyl (C=O) groups is 2. The molecule has 2 aliphatic rings.